The van der Waals surface area contributed by atoms with Gasteiger partial charge in [0.25, 0.3) is 0 Å². The maximum atomic E-state index is 13.4. The Bertz CT molecular complexity index is 462. The van der Waals surface area contributed by atoms with Gasteiger partial charge < -0.3 is 5.32 Å². The van der Waals surface area contributed by atoms with Gasteiger partial charge in [0, 0.05) is 17.5 Å². The van der Waals surface area contributed by atoms with Crippen molar-refractivity contribution < 1.29 is 4.39 Å². The van der Waals surface area contributed by atoms with E-state index < -0.39 is 0 Å². The molecule has 2 rings (SSSR count). The number of nitrogens with one attached hydrogen (secondary N) is 1. The second-order valence-electron chi connectivity index (χ2n) is 3.91. The molecule has 0 saturated heterocycles. The lowest BCUT2D eigenvalue weighted by Crippen LogP contribution is -2.21. The van der Waals surface area contributed by atoms with Crippen molar-refractivity contribution in [2.75, 3.05) is 0 Å². The molecule has 80 valence electrons. The predicted molar refractivity (Wildman–Crippen MR) is 63.8 cm³/mol. The first-order chi connectivity index (χ1) is 7.16. The number of benzene rings is 1. The van der Waals surface area contributed by atoms with Gasteiger partial charge in [0.2, 0.25) is 0 Å². The van der Waals surface area contributed by atoms with E-state index in [1.807, 2.05) is 6.07 Å². The summed E-state index contributed by atoms with van der Waals surface area (Å²) in [5.74, 6) is -0.117. The van der Waals surface area contributed by atoms with Crippen LogP contribution < -0.4 is 5.32 Å². The van der Waals surface area contributed by atoms with Crippen LogP contribution in [0.3, 0.4) is 0 Å². The molecule has 0 fully saturated rings. The molecule has 0 aliphatic heterocycles. The Morgan fingerprint density at radius 3 is 2.87 bits per heavy atom. The second kappa shape index (κ2) is 4.29. The number of hydrogen-bond acceptors (Lipinski definition) is 2. The average Bonchev–Trinajstić information content (AvgIpc) is 2.59. The van der Waals surface area contributed by atoms with Gasteiger partial charge in [-0.25, -0.2) is 4.39 Å². The van der Waals surface area contributed by atoms with E-state index in [1.54, 1.807) is 6.07 Å². The molecular weight excluding hydrogens is 209 g/mol. The zero-order valence-electron chi connectivity index (χ0n) is 8.88. The van der Waals surface area contributed by atoms with E-state index in [9.17, 15) is 4.39 Å². The molecule has 0 radical (unpaired) electrons. The van der Waals surface area contributed by atoms with Gasteiger partial charge in [-0.3, -0.25) is 0 Å². The Hall–Kier alpha value is -0.930. The van der Waals surface area contributed by atoms with E-state index in [4.69, 9.17) is 0 Å². The smallest absolute Gasteiger partial charge is 0.140 e. The van der Waals surface area contributed by atoms with Gasteiger partial charge in [-0.05, 0) is 17.5 Å². The van der Waals surface area contributed by atoms with E-state index in [1.165, 1.54) is 22.3 Å². The van der Waals surface area contributed by atoms with Crippen LogP contribution in [0.5, 0.6) is 0 Å². The number of hydrogen-bond donors (Lipinski definition) is 1. The molecule has 0 spiro atoms. The summed E-state index contributed by atoms with van der Waals surface area (Å²) in [6.07, 6.45) is 0. The molecule has 1 aromatic heterocycles. The number of fused-ring (bicyclic) bond motifs is 1. The van der Waals surface area contributed by atoms with Crippen molar-refractivity contribution in [3.05, 3.63) is 35.0 Å². The zero-order chi connectivity index (χ0) is 10.8. The fourth-order valence-electron chi connectivity index (χ4n) is 1.47. The van der Waals surface area contributed by atoms with E-state index >= 15 is 0 Å². The summed E-state index contributed by atoms with van der Waals surface area (Å²) in [7, 11) is 0. The van der Waals surface area contributed by atoms with Crippen LogP contribution in [0.2, 0.25) is 0 Å². The van der Waals surface area contributed by atoms with Crippen molar-refractivity contribution >= 4 is 21.4 Å². The van der Waals surface area contributed by atoms with E-state index in [-0.39, 0.29) is 5.82 Å². The van der Waals surface area contributed by atoms with Crippen molar-refractivity contribution in [2.24, 2.45) is 0 Å². The molecule has 1 aromatic carbocycles. The number of thiophene rings is 1. The largest absolute Gasteiger partial charge is 0.310 e. The Labute approximate surface area is 92.9 Å². The van der Waals surface area contributed by atoms with Crippen LogP contribution in [0.15, 0.2) is 24.3 Å². The number of halogens is 1. The molecule has 0 aliphatic carbocycles. The predicted octanol–water partition coefficient (Wildman–Crippen LogP) is 3.54. The highest BCUT2D eigenvalue weighted by Crippen LogP contribution is 2.27. The molecule has 0 amide bonds. The average molecular weight is 223 g/mol. The molecule has 0 atom stereocenters. The molecule has 2 aromatic rings. The first-order valence-corrected chi connectivity index (χ1v) is 5.89. The van der Waals surface area contributed by atoms with Crippen LogP contribution in [0.1, 0.15) is 18.7 Å². The van der Waals surface area contributed by atoms with Crippen molar-refractivity contribution in [1.29, 1.82) is 0 Å². The Balaban J connectivity index is 2.27. The van der Waals surface area contributed by atoms with Gasteiger partial charge in [0.1, 0.15) is 5.82 Å². The minimum absolute atomic E-state index is 0.117. The molecule has 15 heavy (non-hydrogen) atoms. The molecule has 1 nitrogen and oxygen atoms in total. The summed E-state index contributed by atoms with van der Waals surface area (Å²) in [5, 5.41) is 4.33. The third-order valence-electron chi connectivity index (χ3n) is 2.23. The summed E-state index contributed by atoms with van der Waals surface area (Å²) in [5.41, 5.74) is 0. The molecule has 0 unspecified atom stereocenters. The topological polar surface area (TPSA) is 12.0 Å². The van der Waals surface area contributed by atoms with Crippen molar-refractivity contribution in [3.63, 3.8) is 0 Å². The minimum Gasteiger partial charge on any atom is -0.310 e. The van der Waals surface area contributed by atoms with Crippen LogP contribution in [0.4, 0.5) is 4.39 Å². The fourth-order valence-corrected chi connectivity index (χ4v) is 2.49. The van der Waals surface area contributed by atoms with E-state index in [2.05, 4.69) is 25.2 Å². The van der Waals surface area contributed by atoms with Crippen LogP contribution >= 0.6 is 11.3 Å². The first-order valence-electron chi connectivity index (χ1n) is 5.07. The summed E-state index contributed by atoms with van der Waals surface area (Å²) in [6.45, 7) is 5.03. The zero-order valence-corrected chi connectivity index (χ0v) is 9.70. The lowest BCUT2D eigenvalue weighted by molar-refractivity contribution is 0.593. The standard InChI is InChI=1S/C12H14FNS/c1-8(2)14-7-10-6-9-4-3-5-11(13)12(9)15-10/h3-6,8,14H,7H2,1-2H3. The summed E-state index contributed by atoms with van der Waals surface area (Å²) in [4.78, 5) is 1.18. The Morgan fingerprint density at radius 1 is 1.40 bits per heavy atom. The lowest BCUT2D eigenvalue weighted by atomic mass is 10.2. The maximum Gasteiger partial charge on any atom is 0.140 e. The lowest BCUT2D eigenvalue weighted by Gasteiger charge is -2.04. The molecule has 0 bridgehead atoms. The van der Waals surface area contributed by atoms with Gasteiger partial charge in [-0.2, -0.15) is 0 Å². The third kappa shape index (κ3) is 2.36. The Morgan fingerprint density at radius 2 is 2.20 bits per heavy atom. The summed E-state index contributed by atoms with van der Waals surface area (Å²) < 4.78 is 14.2. The van der Waals surface area contributed by atoms with Gasteiger partial charge >= 0.3 is 0 Å². The molecule has 0 aliphatic rings. The monoisotopic (exact) mass is 223 g/mol. The molecular formula is C12H14FNS. The van der Waals surface area contributed by atoms with Crippen molar-refractivity contribution in [2.45, 2.75) is 26.4 Å². The Kier molecular flexibility index (Phi) is 3.03. The van der Waals surface area contributed by atoms with E-state index in [0.29, 0.717) is 6.04 Å². The summed E-state index contributed by atoms with van der Waals surface area (Å²) in [6, 6.07) is 7.73. The number of rotatable bonds is 3. The SMILES string of the molecule is CC(C)NCc1cc2cccc(F)c2s1. The highest BCUT2D eigenvalue weighted by molar-refractivity contribution is 7.19. The van der Waals surface area contributed by atoms with Gasteiger partial charge in [-0.1, -0.05) is 26.0 Å². The third-order valence-corrected chi connectivity index (χ3v) is 3.39. The second-order valence-corrected chi connectivity index (χ2v) is 5.04. The van der Waals surface area contributed by atoms with Crippen LogP contribution in [0, 0.1) is 5.82 Å². The van der Waals surface area contributed by atoms with Crippen molar-refractivity contribution in [1.82, 2.24) is 5.32 Å². The van der Waals surface area contributed by atoms with Crippen LogP contribution in [-0.2, 0) is 6.54 Å². The quantitative estimate of drug-likeness (QED) is 0.839. The molecule has 3 heteroatoms. The fraction of sp³-hybridized carbons (Fsp3) is 0.333. The summed E-state index contributed by atoms with van der Waals surface area (Å²) >= 11 is 1.53. The van der Waals surface area contributed by atoms with Crippen LogP contribution in [0.25, 0.3) is 10.1 Å². The molecule has 1 N–H and O–H groups in total. The van der Waals surface area contributed by atoms with Gasteiger partial charge in [0.05, 0.1) is 4.70 Å². The highest BCUT2D eigenvalue weighted by Gasteiger charge is 2.05. The molecule has 0 saturated carbocycles. The van der Waals surface area contributed by atoms with Crippen molar-refractivity contribution in [3.8, 4) is 0 Å². The van der Waals surface area contributed by atoms with Gasteiger partial charge in [-0.15, -0.1) is 11.3 Å². The van der Waals surface area contributed by atoms with E-state index in [0.717, 1.165) is 16.6 Å². The normalized spacial score (nSPS) is 11.5. The first kappa shape index (κ1) is 10.6. The minimum atomic E-state index is -0.117. The van der Waals surface area contributed by atoms with Gasteiger partial charge in [0.15, 0.2) is 0 Å². The molecule has 1 heterocycles. The highest BCUT2D eigenvalue weighted by atomic mass is 32.1. The van der Waals surface area contributed by atoms with Crippen LogP contribution in [-0.4, -0.2) is 6.04 Å². The maximum absolute atomic E-state index is 13.4.